The van der Waals surface area contributed by atoms with Crippen molar-refractivity contribution >= 4 is 11.6 Å². The Balaban J connectivity index is 2.15. The third kappa shape index (κ3) is 3.14. The third-order valence-electron chi connectivity index (χ3n) is 3.68. The molecule has 1 aromatic rings. The van der Waals surface area contributed by atoms with E-state index in [1.165, 1.54) is 12.1 Å². The lowest BCUT2D eigenvalue weighted by Gasteiger charge is -2.31. The van der Waals surface area contributed by atoms with Gasteiger partial charge in [-0.25, -0.2) is 0 Å². The molecular weight excluding hydrogens is 260 g/mol. The molecule has 0 unspecified atom stereocenters. The van der Waals surface area contributed by atoms with Crippen LogP contribution in [0.3, 0.4) is 0 Å². The molecule has 0 aliphatic carbocycles. The lowest BCUT2D eigenvalue weighted by atomic mass is 9.97. The number of aliphatic hydroxyl groups excluding tert-OH is 1. The summed E-state index contributed by atoms with van der Waals surface area (Å²) in [7, 11) is 0. The molecule has 2 rings (SSSR count). The van der Waals surface area contributed by atoms with E-state index in [-0.39, 0.29) is 24.1 Å². The Kier molecular flexibility index (Phi) is 4.34. The largest absolute Gasteiger partial charge is 0.396 e. The van der Waals surface area contributed by atoms with Gasteiger partial charge in [0, 0.05) is 37.4 Å². The summed E-state index contributed by atoms with van der Waals surface area (Å²) in [5.41, 5.74) is 1.01. The molecule has 6 nitrogen and oxygen atoms in total. The van der Waals surface area contributed by atoms with Crippen molar-refractivity contribution in [1.82, 2.24) is 4.90 Å². The van der Waals surface area contributed by atoms with Crippen LogP contribution in [0.15, 0.2) is 18.2 Å². The number of aliphatic hydroxyl groups is 1. The van der Waals surface area contributed by atoms with E-state index in [9.17, 15) is 14.9 Å². The van der Waals surface area contributed by atoms with Crippen molar-refractivity contribution in [3.63, 3.8) is 0 Å². The van der Waals surface area contributed by atoms with Crippen molar-refractivity contribution < 1.29 is 14.8 Å². The summed E-state index contributed by atoms with van der Waals surface area (Å²) in [6, 6.07) is 4.45. The fraction of sp³-hybridized carbons (Fsp3) is 0.500. The molecule has 1 aliphatic rings. The van der Waals surface area contributed by atoms with E-state index in [1.807, 2.05) is 0 Å². The van der Waals surface area contributed by atoms with Gasteiger partial charge >= 0.3 is 0 Å². The molecule has 0 saturated carbocycles. The molecule has 20 heavy (non-hydrogen) atoms. The number of carbonyl (C=O) groups excluding carboxylic acids is 1. The molecule has 6 heteroatoms. The molecule has 108 valence electrons. The van der Waals surface area contributed by atoms with E-state index in [1.54, 1.807) is 17.9 Å². The number of hydrogen-bond donors (Lipinski definition) is 1. The maximum absolute atomic E-state index is 12.4. The lowest BCUT2D eigenvalue weighted by Crippen LogP contribution is -2.39. The lowest BCUT2D eigenvalue weighted by molar-refractivity contribution is -0.384. The number of aryl methyl sites for hydroxylation is 1. The first kappa shape index (κ1) is 14.5. The van der Waals surface area contributed by atoms with Crippen LogP contribution in [0.5, 0.6) is 0 Å². The van der Waals surface area contributed by atoms with Crippen molar-refractivity contribution in [2.45, 2.75) is 19.8 Å². The standard InChI is InChI=1S/C14H18N2O4/c1-10-6-12(8-13(7-10)16(19)20)14(18)15-4-2-11(9-17)3-5-15/h6-8,11,17H,2-5,9H2,1H3. The number of carbonyl (C=O) groups is 1. The third-order valence-corrected chi connectivity index (χ3v) is 3.68. The topological polar surface area (TPSA) is 83.7 Å². The number of benzene rings is 1. The summed E-state index contributed by atoms with van der Waals surface area (Å²) in [4.78, 5) is 24.4. The zero-order valence-corrected chi connectivity index (χ0v) is 11.4. The van der Waals surface area contributed by atoms with Gasteiger partial charge in [0.25, 0.3) is 11.6 Å². The van der Waals surface area contributed by atoms with Crippen LogP contribution in [0, 0.1) is 23.0 Å². The first-order valence-electron chi connectivity index (χ1n) is 6.67. The smallest absolute Gasteiger partial charge is 0.270 e. The van der Waals surface area contributed by atoms with Crippen molar-refractivity contribution in [1.29, 1.82) is 0 Å². The normalized spacial score (nSPS) is 16.2. The van der Waals surface area contributed by atoms with Gasteiger partial charge in [0.15, 0.2) is 0 Å². The van der Waals surface area contributed by atoms with Gasteiger partial charge in [0.1, 0.15) is 0 Å². The fourth-order valence-electron chi connectivity index (χ4n) is 2.49. The van der Waals surface area contributed by atoms with Crippen LogP contribution in [-0.2, 0) is 0 Å². The highest BCUT2D eigenvalue weighted by Crippen LogP contribution is 2.21. The van der Waals surface area contributed by atoms with Crippen LogP contribution < -0.4 is 0 Å². The van der Waals surface area contributed by atoms with Gasteiger partial charge in [-0.05, 0) is 37.3 Å². The highest BCUT2D eigenvalue weighted by molar-refractivity contribution is 5.95. The Hall–Kier alpha value is -1.95. The molecule has 0 spiro atoms. The van der Waals surface area contributed by atoms with Crippen LogP contribution in [-0.4, -0.2) is 40.5 Å². The SMILES string of the molecule is Cc1cc(C(=O)N2CCC(CO)CC2)cc([N+](=O)[O-])c1. The highest BCUT2D eigenvalue weighted by atomic mass is 16.6. The molecule has 0 aromatic heterocycles. The second-order valence-electron chi connectivity index (χ2n) is 5.23. The Morgan fingerprint density at radius 3 is 2.60 bits per heavy atom. The molecule has 0 radical (unpaired) electrons. The number of nitrogens with zero attached hydrogens (tertiary/aromatic N) is 2. The first-order valence-corrected chi connectivity index (χ1v) is 6.67. The number of non-ortho nitro benzene ring substituents is 1. The maximum atomic E-state index is 12.4. The van der Waals surface area contributed by atoms with Crippen LogP contribution in [0.4, 0.5) is 5.69 Å². The number of nitro groups is 1. The van der Waals surface area contributed by atoms with Crippen molar-refractivity contribution in [2.24, 2.45) is 5.92 Å². The number of hydrogen-bond acceptors (Lipinski definition) is 4. The van der Waals surface area contributed by atoms with E-state index in [0.717, 1.165) is 12.8 Å². The number of nitro benzene ring substituents is 1. The van der Waals surface area contributed by atoms with Gasteiger partial charge in [-0.15, -0.1) is 0 Å². The molecule has 1 fully saturated rings. The average Bonchev–Trinajstić information content (AvgIpc) is 2.46. The van der Waals surface area contributed by atoms with Crippen molar-refractivity contribution in [3.05, 3.63) is 39.4 Å². The van der Waals surface area contributed by atoms with Crippen LogP contribution in [0.2, 0.25) is 0 Å². The molecule has 0 bridgehead atoms. The number of piperidine rings is 1. The van der Waals surface area contributed by atoms with Gasteiger partial charge in [0.05, 0.1) is 4.92 Å². The molecule has 1 aromatic carbocycles. The Bertz CT molecular complexity index is 522. The second-order valence-corrected chi connectivity index (χ2v) is 5.23. The molecular formula is C14H18N2O4. The van der Waals surface area contributed by atoms with E-state index in [0.29, 0.717) is 24.2 Å². The highest BCUT2D eigenvalue weighted by Gasteiger charge is 2.24. The monoisotopic (exact) mass is 278 g/mol. The first-order chi connectivity index (χ1) is 9.51. The van der Waals surface area contributed by atoms with E-state index >= 15 is 0 Å². The summed E-state index contributed by atoms with van der Waals surface area (Å²) in [5.74, 6) is 0.0825. The Labute approximate surface area is 117 Å². The van der Waals surface area contributed by atoms with Crippen LogP contribution in [0.1, 0.15) is 28.8 Å². The second kappa shape index (κ2) is 6.00. The Morgan fingerprint density at radius 2 is 2.05 bits per heavy atom. The zero-order chi connectivity index (χ0) is 14.7. The summed E-state index contributed by atoms with van der Waals surface area (Å²) in [6.45, 7) is 3.07. The predicted molar refractivity (Wildman–Crippen MR) is 73.5 cm³/mol. The summed E-state index contributed by atoms with van der Waals surface area (Å²) in [5, 5.41) is 19.9. The number of likely N-dealkylation sites (tertiary alicyclic amines) is 1. The minimum atomic E-state index is -0.484. The molecule has 1 amide bonds. The quantitative estimate of drug-likeness (QED) is 0.674. The number of amides is 1. The molecule has 1 N–H and O–H groups in total. The van der Waals surface area contributed by atoms with E-state index in [4.69, 9.17) is 5.11 Å². The van der Waals surface area contributed by atoms with Gasteiger partial charge in [-0.1, -0.05) is 0 Å². The van der Waals surface area contributed by atoms with Crippen LogP contribution >= 0.6 is 0 Å². The molecule has 0 atom stereocenters. The molecule has 1 saturated heterocycles. The summed E-state index contributed by atoms with van der Waals surface area (Å²) in [6.07, 6.45) is 1.55. The van der Waals surface area contributed by atoms with Gasteiger partial charge < -0.3 is 10.0 Å². The minimum Gasteiger partial charge on any atom is -0.396 e. The van der Waals surface area contributed by atoms with Gasteiger partial charge in [-0.2, -0.15) is 0 Å². The molecule has 1 aliphatic heterocycles. The number of rotatable bonds is 3. The van der Waals surface area contributed by atoms with Crippen molar-refractivity contribution in [2.75, 3.05) is 19.7 Å². The van der Waals surface area contributed by atoms with E-state index in [2.05, 4.69) is 0 Å². The molecule has 1 heterocycles. The van der Waals surface area contributed by atoms with E-state index < -0.39 is 4.92 Å². The van der Waals surface area contributed by atoms with Gasteiger partial charge in [-0.3, -0.25) is 14.9 Å². The maximum Gasteiger partial charge on any atom is 0.270 e. The van der Waals surface area contributed by atoms with Crippen molar-refractivity contribution in [3.8, 4) is 0 Å². The fourth-order valence-corrected chi connectivity index (χ4v) is 2.49. The zero-order valence-electron chi connectivity index (χ0n) is 11.4. The van der Waals surface area contributed by atoms with Gasteiger partial charge in [0.2, 0.25) is 0 Å². The van der Waals surface area contributed by atoms with Crippen LogP contribution in [0.25, 0.3) is 0 Å². The summed E-state index contributed by atoms with van der Waals surface area (Å²) < 4.78 is 0. The summed E-state index contributed by atoms with van der Waals surface area (Å²) >= 11 is 0. The predicted octanol–water partition coefficient (Wildman–Crippen LogP) is 1.75. The minimum absolute atomic E-state index is 0.0569. The average molecular weight is 278 g/mol. The Morgan fingerprint density at radius 1 is 1.40 bits per heavy atom.